The summed E-state index contributed by atoms with van der Waals surface area (Å²) in [4.78, 5) is 18.3. The van der Waals surface area contributed by atoms with Crippen molar-refractivity contribution in [2.24, 2.45) is 0 Å². The molecule has 0 bridgehead atoms. The molecule has 4 rings (SSSR count). The second-order valence-electron chi connectivity index (χ2n) is 7.05. The zero-order chi connectivity index (χ0) is 21.8. The van der Waals surface area contributed by atoms with Gasteiger partial charge in [0.05, 0.1) is 23.7 Å². The summed E-state index contributed by atoms with van der Waals surface area (Å²) < 4.78 is 18.4. The Kier molecular flexibility index (Phi) is 6.11. The summed E-state index contributed by atoms with van der Waals surface area (Å²) in [5.74, 6) is 1.13. The first-order valence-electron chi connectivity index (χ1n) is 9.94. The molecule has 1 aliphatic rings. The summed E-state index contributed by atoms with van der Waals surface area (Å²) in [6.45, 7) is 0. The lowest BCUT2D eigenvalue weighted by Gasteiger charge is -2.31. The summed E-state index contributed by atoms with van der Waals surface area (Å²) in [5.41, 5.74) is 2.11. The van der Waals surface area contributed by atoms with Crippen molar-refractivity contribution in [2.75, 3.05) is 21.3 Å². The molecule has 0 saturated heterocycles. The van der Waals surface area contributed by atoms with Crippen molar-refractivity contribution in [2.45, 2.75) is 12.2 Å². The van der Waals surface area contributed by atoms with Gasteiger partial charge in [-0.15, -0.1) is 0 Å². The Balaban J connectivity index is 1.94. The lowest BCUT2D eigenvalue weighted by molar-refractivity contribution is -0.0159. The van der Waals surface area contributed by atoms with E-state index >= 15 is 0 Å². The van der Waals surface area contributed by atoms with Crippen LogP contribution in [0.3, 0.4) is 0 Å². The number of hydrogen-bond donors (Lipinski definition) is 0. The van der Waals surface area contributed by atoms with Crippen molar-refractivity contribution in [1.82, 2.24) is 9.55 Å². The Morgan fingerprint density at radius 1 is 0.871 bits per heavy atom. The molecule has 3 aromatic rings. The summed E-state index contributed by atoms with van der Waals surface area (Å²) in [6.07, 6.45) is 6.36. The molecule has 6 heteroatoms. The van der Waals surface area contributed by atoms with Gasteiger partial charge in [-0.05, 0) is 35.9 Å². The van der Waals surface area contributed by atoms with E-state index in [-0.39, 0.29) is 5.56 Å². The van der Waals surface area contributed by atoms with Gasteiger partial charge in [-0.3, -0.25) is 9.36 Å². The van der Waals surface area contributed by atoms with Crippen molar-refractivity contribution < 1.29 is 14.2 Å². The number of hydrogen-bond acceptors (Lipinski definition) is 5. The van der Waals surface area contributed by atoms with Crippen LogP contribution in [0.5, 0.6) is 0 Å². The lowest BCUT2D eigenvalue weighted by atomic mass is 10.0. The first-order chi connectivity index (χ1) is 15.2. The molecule has 0 aliphatic heterocycles. The molecule has 0 amide bonds. The van der Waals surface area contributed by atoms with Gasteiger partial charge in [0, 0.05) is 14.2 Å². The number of ether oxygens (including phenoxy) is 3. The van der Waals surface area contributed by atoms with Crippen LogP contribution in [-0.2, 0) is 14.2 Å². The highest BCUT2D eigenvalue weighted by molar-refractivity contribution is 5.81. The van der Waals surface area contributed by atoms with Crippen LogP contribution < -0.4 is 5.56 Å². The van der Waals surface area contributed by atoms with Gasteiger partial charge in [0.25, 0.3) is 5.56 Å². The minimum absolute atomic E-state index is 0.171. The summed E-state index contributed by atoms with van der Waals surface area (Å²) >= 11 is 0. The van der Waals surface area contributed by atoms with E-state index in [2.05, 4.69) is 0 Å². The molecule has 2 atom stereocenters. The third-order valence-electron chi connectivity index (χ3n) is 5.29. The fourth-order valence-corrected chi connectivity index (χ4v) is 3.78. The van der Waals surface area contributed by atoms with Crippen LogP contribution in [0, 0.1) is 0 Å². The number of para-hydroxylation sites is 1. The number of benzene rings is 2. The van der Waals surface area contributed by atoms with E-state index in [1.807, 2.05) is 66.8 Å². The first-order valence-corrected chi connectivity index (χ1v) is 9.94. The van der Waals surface area contributed by atoms with Gasteiger partial charge in [0.15, 0.2) is 0 Å². The van der Waals surface area contributed by atoms with Crippen LogP contribution in [0.2, 0.25) is 0 Å². The Hall–Kier alpha value is -3.48. The predicted octanol–water partition coefficient (Wildman–Crippen LogP) is 3.98. The lowest BCUT2D eigenvalue weighted by Crippen LogP contribution is -2.40. The summed E-state index contributed by atoms with van der Waals surface area (Å²) in [5, 5.41) is 0.533. The van der Waals surface area contributed by atoms with Crippen LogP contribution in [0.1, 0.15) is 11.4 Å². The number of allylic oxidation sites excluding steroid dienone is 2. The number of nitrogens with zero attached hydrogens (tertiary/aromatic N) is 2. The first kappa shape index (κ1) is 20.8. The molecule has 31 heavy (non-hydrogen) atoms. The van der Waals surface area contributed by atoms with E-state index in [9.17, 15) is 4.79 Å². The fourth-order valence-electron chi connectivity index (χ4n) is 3.78. The molecule has 2 unspecified atom stereocenters. The standard InChI is InChI=1S/C25H24N2O4/c1-29-21-15-14-20(23(30-2)24(21)31-3)27-22(16-13-17-9-5-4-6-10-17)26-19-12-8-7-11-18(19)25(27)28/h4-16,23-24H,1-3H3/b16-13+. The van der Waals surface area contributed by atoms with E-state index in [1.165, 1.54) is 0 Å². The smallest absolute Gasteiger partial charge is 0.266 e. The number of aromatic nitrogens is 2. The largest absolute Gasteiger partial charge is 0.498 e. The molecule has 0 radical (unpaired) electrons. The molecule has 158 valence electrons. The van der Waals surface area contributed by atoms with E-state index in [0.29, 0.717) is 28.2 Å². The Morgan fingerprint density at radius 3 is 2.29 bits per heavy atom. The van der Waals surface area contributed by atoms with Crippen molar-refractivity contribution in [3.8, 4) is 0 Å². The molecule has 1 aromatic heterocycles. The number of fused-ring (bicyclic) bond motifs is 1. The molecule has 6 nitrogen and oxygen atoms in total. The molecule has 0 fully saturated rings. The molecule has 0 saturated carbocycles. The van der Waals surface area contributed by atoms with Gasteiger partial charge in [-0.1, -0.05) is 48.5 Å². The van der Waals surface area contributed by atoms with Crippen molar-refractivity contribution in [1.29, 1.82) is 0 Å². The molecule has 0 N–H and O–H groups in total. The van der Waals surface area contributed by atoms with Crippen LogP contribution >= 0.6 is 0 Å². The third-order valence-corrected chi connectivity index (χ3v) is 5.29. The van der Waals surface area contributed by atoms with Gasteiger partial charge < -0.3 is 14.2 Å². The van der Waals surface area contributed by atoms with Crippen LogP contribution in [0.4, 0.5) is 0 Å². The molecular formula is C25H24N2O4. The van der Waals surface area contributed by atoms with Crippen LogP contribution in [-0.4, -0.2) is 43.1 Å². The minimum Gasteiger partial charge on any atom is -0.498 e. The van der Waals surface area contributed by atoms with Gasteiger partial charge in [0.1, 0.15) is 23.8 Å². The molecular weight excluding hydrogens is 392 g/mol. The van der Waals surface area contributed by atoms with Gasteiger partial charge in [-0.25, -0.2) is 4.98 Å². The van der Waals surface area contributed by atoms with E-state index in [4.69, 9.17) is 19.2 Å². The fraction of sp³-hybridized carbons (Fsp3) is 0.200. The topological polar surface area (TPSA) is 62.6 Å². The van der Waals surface area contributed by atoms with Crippen molar-refractivity contribution >= 4 is 28.8 Å². The summed E-state index contributed by atoms with van der Waals surface area (Å²) in [7, 11) is 4.76. The van der Waals surface area contributed by atoms with Gasteiger partial charge >= 0.3 is 0 Å². The van der Waals surface area contributed by atoms with E-state index < -0.39 is 12.2 Å². The van der Waals surface area contributed by atoms with Gasteiger partial charge in [0.2, 0.25) is 0 Å². The second-order valence-corrected chi connectivity index (χ2v) is 7.05. The number of methoxy groups -OCH3 is 3. The molecule has 0 spiro atoms. The SMILES string of the molecule is COC1=CC=C(n2c(/C=C/c3ccccc3)nc3ccccc3c2=O)C(OC)C1OC. The van der Waals surface area contributed by atoms with E-state index in [1.54, 1.807) is 38.0 Å². The van der Waals surface area contributed by atoms with Gasteiger partial charge in [-0.2, -0.15) is 0 Å². The Bertz CT molecular complexity index is 1230. The molecule has 1 heterocycles. The molecule has 2 aromatic carbocycles. The average molecular weight is 416 g/mol. The predicted molar refractivity (Wildman–Crippen MR) is 122 cm³/mol. The van der Waals surface area contributed by atoms with Crippen molar-refractivity contribution in [3.05, 3.63) is 94.3 Å². The summed E-state index contributed by atoms with van der Waals surface area (Å²) in [6, 6.07) is 17.2. The monoisotopic (exact) mass is 416 g/mol. The van der Waals surface area contributed by atoms with Crippen molar-refractivity contribution in [3.63, 3.8) is 0 Å². The highest BCUT2D eigenvalue weighted by Gasteiger charge is 2.34. The zero-order valence-corrected chi connectivity index (χ0v) is 17.7. The maximum Gasteiger partial charge on any atom is 0.266 e. The van der Waals surface area contributed by atoms with Crippen LogP contribution in [0.15, 0.2) is 77.3 Å². The average Bonchev–Trinajstić information content (AvgIpc) is 2.82. The quantitative estimate of drug-likeness (QED) is 0.608. The maximum absolute atomic E-state index is 13.6. The maximum atomic E-state index is 13.6. The highest BCUT2D eigenvalue weighted by atomic mass is 16.6. The third kappa shape index (κ3) is 3.95. The minimum atomic E-state index is -0.547. The Labute approximate surface area is 180 Å². The highest BCUT2D eigenvalue weighted by Crippen LogP contribution is 2.29. The normalized spacial score (nSPS) is 18.8. The number of rotatable bonds is 6. The van der Waals surface area contributed by atoms with Crippen LogP contribution in [0.25, 0.3) is 28.8 Å². The zero-order valence-electron chi connectivity index (χ0n) is 17.7. The van der Waals surface area contributed by atoms with E-state index in [0.717, 1.165) is 5.56 Å². The second kappa shape index (κ2) is 9.12. The molecule has 1 aliphatic carbocycles. The Morgan fingerprint density at radius 2 is 1.58 bits per heavy atom.